The average Bonchev–Trinajstić information content (AvgIpc) is 3.15. The molecule has 1 aliphatic heterocycles. The number of carbonyl (C=O) groups is 2. The highest BCUT2D eigenvalue weighted by molar-refractivity contribution is 7.91. The van der Waals surface area contributed by atoms with Gasteiger partial charge in [-0.2, -0.15) is 5.10 Å². The van der Waals surface area contributed by atoms with E-state index in [1.807, 2.05) is 0 Å². The Kier molecular flexibility index (Phi) is 5.57. The first kappa shape index (κ1) is 19.8. The molecule has 2 N–H and O–H groups in total. The van der Waals surface area contributed by atoms with Gasteiger partial charge in [0.1, 0.15) is 5.82 Å². The Morgan fingerprint density at radius 1 is 1.37 bits per heavy atom. The smallest absolute Gasteiger partial charge is 0.338 e. The van der Waals surface area contributed by atoms with Gasteiger partial charge in [0.2, 0.25) is 0 Å². The number of hydrogen-bond acceptors (Lipinski definition) is 7. The molecule has 10 heteroatoms. The molecule has 0 bridgehead atoms. The SMILES string of the molecule is Cc1cc(NC(=O)COC(=O)C2(O)CCCCC2)n(C2CCS(=O)(=O)C2)n1. The lowest BCUT2D eigenvalue weighted by molar-refractivity contribution is -0.170. The number of aromatic nitrogens is 2. The molecule has 1 atom stereocenters. The maximum Gasteiger partial charge on any atom is 0.338 e. The maximum atomic E-state index is 12.2. The Morgan fingerprint density at radius 2 is 2.07 bits per heavy atom. The Labute approximate surface area is 158 Å². The summed E-state index contributed by atoms with van der Waals surface area (Å²) in [7, 11) is -3.09. The standard InChI is InChI=1S/C17H25N3O6S/c1-12-9-14(20(19-12)13-5-8-27(24,25)11-13)18-15(21)10-26-16(22)17(23)6-3-2-4-7-17/h9,13,23H,2-8,10-11H2,1H3,(H,18,21). The molecule has 2 aliphatic rings. The fourth-order valence-corrected chi connectivity index (χ4v) is 5.33. The lowest BCUT2D eigenvalue weighted by Crippen LogP contribution is -2.42. The van der Waals surface area contributed by atoms with Crippen LogP contribution in [0.25, 0.3) is 0 Å². The van der Waals surface area contributed by atoms with Gasteiger partial charge in [-0.25, -0.2) is 17.9 Å². The Balaban J connectivity index is 1.59. The van der Waals surface area contributed by atoms with E-state index in [0.29, 0.717) is 30.8 Å². The zero-order valence-corrected chi connectivity index (χ0v) is 16.1. The summed E-state index contributed by atoms with van der Waals surface area (Å²) in [6.07, 6.45) is 3.59. The van der Waals surface area contributed by atoms with E-state index in [1.54, 1.807) is 13.0 Å². The van der Waals surface area contributed by atoms with Crippen molar-refractivity contribution in [2.75, 3.05) is 23.4 Å². The van der Waals surface area contributed by atoms with Gasteiger partial charge in [-0.15, -0.1) is 0 Å². The van der Waals surface area contributed by atoms with Crippen molar-refractivity contribution >= 4 is 27.5 Å². The Morgan fingerprint density at radius 3 is 2.70 bits per heavy atom. The van der Waals surface area contributed by atoms with Crippen molar-refractivity contribution in [3.63, 3.8) is 0 Å². The number of anilines is 1. The number of sulfone groups is 1. The van der Waals surface area contributed by atoms with E-state index in [4.69, 9.17) is 4.74 Å². The van der Waals surface area contributed by atoms with Gasteiger partial charge < -0.3 is 15.2 Å². The number of carbonyl (C=O) groups excluding carboxylic acids is 2. The number of hydrogen-bond donors (Lipinski definition) is 2. The number of esters is 1. The van der Waals surface area contributed by atoms with Crippen molar-refractivity contribution in [2.24, 2.45) is 0 Å². The molecule has 1 amide bonds. The van der Waals surface area contributed by atoms with E-state index in [-0.39, 0.29) is 17.5 Å². The van der Waals surface area contributed by atoms with Crippen LogP contribution in [0.2, 0.25) is 0 Å². The fraction of sp³-hybridized carbons (Fsp3) is 0.706. The highest BCUT2D eigenvalue weighted by Crippen LogP contribution is 2.29. The molecular weight excluding hydrogens is 374 g/mol. The van der Waals surface area contributed by atoms with Gasteiger partial charge in [0, 0.05) is 6.07 Å². The van der Waals surface area contributed by atoms with E-state index in [1.165, 1.54) is 4.68 Å². The summed E-state index contributed by atoms with van der Waals surface area (Å²) in [4.78, 5) is 24.3. The number of rotatable bonds is 5. The van der Waals surface area contributed by atoms with Crippen LogP contribution < -0.4 is 5.32 Å². The van der Waals surface area contributed by atoms with Crippen LogP contribution in [0.1, 0.15) is 50.3 Å². The summed E-state index contributed by atoms with van der Waals surface area (Å²) in [6, 6.07) is 1.31. The average molecular weight is 399 g/mol. The first-order chi connectivity index (χ1) is 12.7. The lowest BCUT2D eigenvalue weighted by Gasteiger charge is -2.29. The predicted octanol–water partition coefficient (Wildman–Crippen LogP) is 0.728. The van der Waals surface area contributed by atoms with Crippen LogP contribution in [0.5, 0.6) is 0 Å². The fourth-order valence-electron chi connectivity index (χ4n) is 3.64. The van der Waals surface area contributed by atoms with Gasteiger partial charge >= 0.3 is 5.97 Å². The van der Waals surface area contributed by atoms with E-state index in [0.717, 1.165) is 19.3 Å². The molecule has 1 saturated carbocycles. The molecule has 27 heavy (non-hydrogen) atoms. The summed E-state index contributed by atoms with van der Waals surface area (Å²) in [6.45, 7) is 1.22. The minimum atomic E-state index is -3.09. The molecule has 1 saturated heterocycles. The molecule has 1 unspecified atom stereocenters. The summed E-state index contributed by atoms with van der Waals surface area (Å²) in [5.74, 6) is -0.889. The second-order valence-corrected chi connectivity index (χ2v) is 9.62. The highest BCUT2D eigenvalue weighted by atomic mass is 32.2. The quantitative estimate of drug-likeness (QED) is 0.699. The largest absolute Gasteiger partial charge is 0.453 e. The monoisotopic (exact) mass is 399 g/mol. The van der Waals surface area contributed by atoms with Gasteiger partial charge in [-0.3, -0.25) is 4.79 Å². The molecule has 2 fully saturated rings. The minimum absolute atomic E-state index is 0.0149. The molecule has 3 rings (SSSR count). The predicted molar refractivity (Wildman–Crippen MR) is 96.9 cm³/mol. The zero-order valence-electron chi connectivity index (χ0n) is 15.3. The van der Waals surface area contributed by atoms with Gasteiger partial charge in [0.25, 0.3) is 5.91 Å². The third-order valence-electron chi connectivity index (χ3n) is 5.07. The maximum absolute atomic E-state index is 12.2. The first-order valence-corrected chi connectivity index (χ1v) is 11.0. The number of ether oxygens (including phenoxy) is 1. The molecule has 1 aromatic heterocycles. The van der Waals surface area contributed by atoms with Crippen LogP contribution >= 0.6 is 0 Å². The van der Waals surface area contributed by atoms with Gasteiger partial charge in [-0.05, 0) is 39.0 Å². The van der Waals surface area contributed by atoms with Crippen LogP contribution in [-0.2, 0) is 24.2 Å². The van der Waals surface area contributed by atoms with Crippen molar-refractivity contribution in [3.8, 4) is 0 Å². The molecule has 9 nitrogen and oxygen atoms in total. The summed E-state index contributed by atoms with van der Waals surface area (Å²) in [5.41, 5.74) is -0.863. The van der Waals surface area contributed by atoms with Crippen LogP contribution in [0.4, 0.5) is 5.82 Å². The molecule has 2 heterocycles. The third kappa shape index (κ3) is 4.67. The van der Waals surface area contributed by atoms with Crippen molar-refractivity contribution in [2.45, 2.75) is 57.1 Å². The number of nitrogens with zero attached hydrogens (tertiary/aromatic N) is 2. The van der Waals surface area contributed by atoms with Gasteiger partial charge in [0.05, 0.1) is 23.2 Å². The van der Waals surface area contributed by atoms with Crippen molar-refractivity contribution in [1.29, 1.82) is 0 Å². The summed E-state index contributed by atoms with van der Waals surface area (Å²) >= 11 is 0. The number of nitrogens with one attached hydrogen (secondary N) is 1. The van der Waals surface area contributed by atoms with Crippen molar-refractivity contribution < 1.29 is 27.9 Å². The van der Waals surface area contributed by atoms with Crippen LogP contribution in [0, 0.1) is 6.92 Å². The van der Waals surface area contributed by atoms with E-state index < -0.39 is 33.9 Å². The lowest BCUT2D eigenvalue weighted by atomic mass is 9.85. The second-order valence-electron chi connectivity index (χ2n) is 7.39. The zero-order chi connectivity index (χ0) is 19.7. The number of aryl methyl sites for hydroxylation is 1. The normalized spacial score (nSPS) is 23.7. The number of aliphatic hydroxyl groups is 1. The molecule has 150 valence electrons. The topological polar surface area (TPSA) is 128 Å². The van der Waals surface area contributed by atoms with Crippen LogP contribution in [0.3, 0.4) is 0 Å². The van der Waals surface area contributed by atoms with Gasteiger partial charge in [-0.1, -0.05) is 6.42 Å². The third-order valence-corrected chi connectivity index (χ3v) is 6.83. The van der Waals surface area contributed by atoms with Crippen molar-refractivity contribution in [1.82, 2.24) is 9.78 Å². The van der Waals surface area contributed by atoms with Crippen LogP contribution in [0.15, 0.2) is 6.07 Å². The second kappa shape index (κ2) is 7.59. The van der Waals surface area contributed by atoms with E-state index in [9.17, 15) is 23.1 Å². The summed E-state index contributed by atoms with van der Waals surface area (Å²) in [5, 5.41) is 17.2. The molecule has 1 aliphatic carbocycles. The van der Waals surface area contributed by atoms with Gasteiger partial charge in [0.15, 0.2) is 22.0 Å². The van der Waals surface area contributed by atoms with E-state index in [2.05, 4.69) is 10.4 Å². The highest BCUT2D eigenvalue weighted by Gasteiger charge is 2.39. The Hall–Kier alpha value is -1.94. The number of amides is 1. The van der Waals surface area contributed by atoms with E-state index >= 15 is 0 Å². The van der Waals surface area contributed by atoms with Crippen LogP contribution in [-0.4, -0.2) is 58.9 Å². The molecule has 0 spiro atoms. The first-order valence-electron chi connectivity index (χ1n) is 9.15. The Bertz CT molecular complexity index is 826. The minimum Gasteiger partial charge on any atom is -0.453 e. The molecule has 0 aromatic carbocycles. The molecule has 1 aromatic rings. The summed E-state index contributed by atoms with van der Waals surface area (Å²) < 4.78 is 29.9. The molecule has 0 radical (unpaired) electrons. The van der Waals surface area contributed by atoms with Crippen molar-refractivity contribution in [3.05, 3.63) is 11.8 Å². The molecular formula is C17H25N3O6S.